The van der Waals surface area contributed by atoms with E-state index in [0.29, 0.717) is 5.92 Å². The van der Waals surface area contributed by atoms with E-state index in [2.05, 4.69) is 23.9 Å². The highest BCUT2D eigenvalue weighted by molar-refractivity contribution is 4.91. The SMILES string of the molecule is CCCC1CCC(O)C(Cc2ncnn2CC)C1. The van der Waals surface area contributed by atoms with Crippen LogP contribution in [0.5, 0.6) is 0 Å². The highest BCUT2D eigenvalue weighted by Gasteiger charge is 2.29. The van der Waals surface area contributed by atoms with Crippen molar-refractivity contribution in [1.29, 1.82) is 0 Å². The Labute approximate surface area is 109 Å². The predicted molar refractivity (Wildman–Crippen MR) is 71.1 cm³/mol. The normalized spacial score (nSPS) is 28.5. The second-order valence-electron chi connectivity index (χ2n) is 5.49. The van der Waals surface area contributed by atoms with Gasteiger partial charge in [-0.2, -0.15) is 5.10 Å². The first kappa shape index (κ1) is 13.5. The molecule has 4 heteroatoms. The molecule has 0 spiro atoms. The summed E-state index contributed by atoms with van der Waals surface area (Å²) in [6.07, 6.45) is 8.17. The molecule has 1 aromatic heterocycles. The maximum absolute atomic E-state index is 10.2. The van der Waals surface area contributed by atoms with E-state index in [1.807, 2.05) is 4.68 Å². The molecule has 0 radical (unpaired) electrons. The molecular weight excluding hydrogens is 226 g/mol. The molecule has 1 saturated carbocycles. The fourth-order valence-electron chi connectivity index (χ4n) is 3.18. The minimum atomic E-state index is -0.153. The fraction of sp³-hybridized carbons (Fsp3) is 0.857. The number of aryl methyl sites for hydroxylation is 1. The van der Waals surface area contributed by atoms with E-state index in [1.165, 1.54) is 19.3 Å². The molecule has 1 aliphatic carbocycles. The van der Waals surface area contributed by atoms with Gasteiger partial charge in [0, 0.05) is 13.0 Å². The monoisotopic (exact) mass is 251 g/mol. The molecular formula is C14H25N3O. The van der Waals surface area contributed by atoms with Gasteiger partial charge in [0.05, 0.1) is 6.10 Å². The summed E-state index contributed by atoms with van der Waals surface area (Å²) in [6.45, 7) is 5.18. The minimum Gasteiger partial charge on any atom is -0.393 e. The molecule has 3 atom stereocenters. The summed E-state index contributed by atoms with van der Waals surface area (Å²) in [5.74, 6) is 2.19. The Kier molecular flexibility index (Phi) is 4.75. The first-order chi connectivity index (χ1) is 8.74. The van der Waals surface area contributed by atoms with Crippen molar-refractivity contribution in [2.24, 2.45) is 11.8 Å². The Morgan fingerprint density at radius 2 is 2.22 bits per heavy atom. The Balaban J connectivity index is 1.98. The predicted octanol–water partition coefficient (Wildman–Crippen LogP) is 2.42. The number of hydrogen-bond donors (Lipinski definition) is 1. The van der Waals surface area contributed by atoms with Crippen molar-refractivity contribution in [1.82, 2.24) is 14.8 Å². The smallest absolute Gasteiger partial charge is 0.138 e. The van der Waals surface area contributed by atoms with Crippen molar-refractivity contribution < 1.29 is 5.11 Å². The maximum atomic E-state index is 10.2. The highest BCUT2D eigenvalue weighted by Crippen LogP contribution is 2.33. The van der Waals surface area contributed by atoms with Crippen LogP contribution in [-0.4, -0.2) is 26.0 Å². The summed E-state index contributed by atoms with van der Waals surface area (Å²) in [5.41, 5.74) is 0. The second kappa shape index (κ2) is 6.32. The van der Waals surface area contributed by atoms with E-state index in [9.17, 15) is 5.11 Å². The molecule has 0 amide bonds. The van der Waals surface area contributed by atoms with Gasteiger partial charge < -0.3 is 5.11 Å². The van der Waals surface area contributed by atoms with Crippen LogP contribution in [-0.2, 0) is 13.0 Å². The van der Waals surface area contributed by atoms with Crippen molar-refractivity contribution >= 4 is 0 Å². The molecule has 2 rings (SSSR count). The Bertz CT molecular complexity index is 364. The molecule has 1 fully saturated rings. The zero-order valence-corrected chi connectivity index (χ0v) is 11.5. The molecule has 1 heterocycles. The third-order valence-electron chi connectivity index (χ3n) is 4.19. The van der Waals surface area contributed by atoms with Gasteiger partial charge in [-0.1, -0.05) is 19.8 Å². The fourth-order valence-corrected chi connectivity index (χ4v) is 3.18. The standard InChI is InChI=1S/C14H25N3O/c1-3-5-11-6-7-13(18)12(8-11)9-14-15-10-16-17(14)4-2/h10-13,18H,3-9H2,1-2H3. The molecule has 102 valence electrons. The van der Waals surface area contributed by atoms with E-state index >= 15 is 0 Å². The summed E-state index contributed by atoms with van der Waals surface area (Å²) in [6, 6.07) is 0. The van der Waals surface area contributed by atoms with Gasteiger partial charge in [0.1, 0.15) is 12.2 Å². The average Bonchev–Trinajstić information content (AvgIpc) is 2.81. The number of nitrogens with zero attached hydrogens (tertiary/aromatic N) is 3. The lowest BCUT2D eigenvalue weighted by molar-refractivity contribution is 0.0448. The zero-order valence-electron chi connectivity index (χ0n) is 11.5. The van der Waals surface area contributed by atoms with Crippen LogP contribution in [0.3, 0.4) is 0 Å². The number of aliphatic hydroxyl groups excluding tert-OH is 1. The Morgan fingerprint density at radius 1 is 1.39 bits per heavy atom. The van der Waals surface area contributed by atoms with Crippen LogP contribution in [0.1, 0.15) is 51.8 Å². The Morgan fingerprint density at radius 3 is 2.94 bits per heavy atom. The molecule has 3 unspecified atom stereocenters. The van der Waals surface area contributed by atoms with Crippen molar-refractivity contribution in [3.63, 3.8) is 0 Å². The molecule has 1 N–H and O–H groups in total. The highest BCUT2D eigenvalue weighted by atomic mass is 16.3. The molecule has 0 saturated heterocycles. The van der Waals surface area contributed by atoms with Crippen LogP contribution in [0.4, 0.5) is 0 Å². The van der Waals surface area contributed by atoms with Crippen molar-refractivity contribution in [3.05, 3.63) is 12.2 Å². The Hall–Kier alpha value is -0.900. The largest absolute Gasteiger partial charge is 0.393 e. The number of hydrogen-bond acceptors (Lipinski definition) is 3. The van der Waals surface area contributed by atoms with Crippen LogP contribution in [0.15, 0.2) is 6.33 Å². The molecule has 1 aromatic rings. The first-order valence-corrected chi connectivity index (χ1v) is 7.29. The topological polar surface area (TPSA) is 50.9 Å². The van der Waals surface area contributed by atoms with Crippen molar-refractivity contribution in [2.75, 3.05) is 0 Å². The molecule has 1 aliphatic rings. The minimum absolute atomic E-state index is 0.153. The van der Waals surface area contributed by atoms with E-state index in [1.54, 1.807) is 6.33 Å². The van der Waals surface area contributed by atoms with Crippen LogP contribution >= 0.6 is 0 Å². The van der Waals surface area contributed by atoms with Gasteiger partial charge in [-0.25, -0.2) is 4.98 Å². The maximum Gasteiger partial charge on any atom is 0.138 e. The van der Waals surface area contributed by atoms with E-state index in [0.717, 1.165) is 37.5 Å². The van der Waals surface area contributed by atoms with E-state index < -0.39 is 0 Å². The molecule has 0 aromatic carbocycles. The van der Waals surface area contributed by atoms with Crippen molar-refractivity contribution in [3.8, 4) is 0 Å². The van der Waals surface area contributed by atoms with Gasteiger partial charge in [-0.05, 0) is 38.0 Å². The third kappa shape index (κ3) is 3.10. The van der Waals surface area contributed by atoms with Crippen molar-refractivity contribution in [2.45, 2.75) is 65.0 Å². The third-order valence-corrected chi connectivity index (χ3v) is 4.19. The van der Waals surface area contributed by atoms with Gasteiger partial charge in [0.2, 0.25) is 0 Å². The zero-order chi connectivity index (χ0) is 13.0. The lowest BCUT2D eigenvalue weighted by Gasteiger charge is -2.33. The first-order valence-electron chi connectivity index (χ1n) is 7.29. The van der Waals surface area contributed by atoms with Gasteiger partial charge in [-0.3, -0.25) is 4.68 Å². The van der Waals surface area contributed by atoms with E-state index in [-0.39, 0.29) is 6.10 Å². The summed E-state index contributed by atoms with van der Waals surface area (Å²) in [7, 11) is 0. The van der Waals surface area contributed by atoms with Crippen LogP contribution in [0, 0.1) is 11.8 Å². The summed E-state index contributed by atoms with van der Waals surface area (Å²) >= 11 is 0. The van der Waals surface area contributed by atoms with Gasteiger partial charge >= 0.3 is 0 Å². The number of aromatic nitrogens is 3. The molecule has 18 heavy (non-hydrogen) atoms. The second-order valence-corrected chi connectivity index (χ2v) is 5.49. The van der Waals surface area contributed by atoms with Crippen LogP contribution in [0.2, 0.25) is 0 Å². The summed E-state index contributed by atoms with van der Waals surface area (Å²) in [5, 5.41) is 14.4. The van der Waals surface area contributed by atoms with Crippen LogP contribution < -0.4 is 0 Å². The molecule has 0 bridgehead atoms. The number of aliphatic hydroxyl groups is 1. The lowest BCUT2D eigenvalue weighted by Crippen LogP contribution is -2.31. The summed E-state index contributed by atoms with van der Waals surface area (Å²) < 4.78 is 1.94. The lowest BCUT2D eigenvalue weighted by atomic mass is 9.76. The quantitative estimate of drug-likeness (QED) is 0.874. The molecule has 4 nitrogen and oxygen atoms in total. The summed E-state index contributed by atoms with van der Waals surface area (Å²) in [4.78, 5) is 4.33. The van der Waals surface area contributed by atoms with Gasteiger partial charge in [-0.15, -0.1) is 0 Å². The van der Waals surface area contributed by atoms with Crippen LogP contribution in [0.25, 0.3) is 0 Å². The van der Waals surface area contributed by atoms with Gasteiger partial charge in [0.25, 0.3) is 0 Å². The average molecular weight is 251 g/mol. The molecule has 0 aliphatic heterocycles. The number of rotatable bonds is 5. The van der Waals surface area contributed by atoms with Gasteiger partial charge in [0.15, 0.2) is 0 Å². The van der Waals surface area contributed by atoms with E-state index in [4.69, 9.17) is 0 Å².